The standard InChI is InChI=1S/C4H5N.C4H4O.C4H4S/c3*1-2-4-5-3-1/h1-5H;2*1-4H. The Hall–Kier alpha value is -1.74. The molecular weight excluding hydrogens is 206 g/mol. The van der Waals surface area contributed by atoms with Gasteiger partial charge in [0.25, 0.3) is 0 Å². The molecule has 15 heavy (non-hydrogen) atoms. The number of aromatic amines is 1. The second-order valence-corrected chi connectivity index (χ2v) is 3.29. The van der Waals surface area contributed by atoms with Crippen LogP contribution < -0.4 is 0 Å². The number of rotatable bonds is 0. The molecule has 2 nitrogen and oxygen atoms in total. The summed E-state index contributed by atoms with van der Waals surface area (Å²) in [6.45, 7) is 0. The number of furan rings is 1. The maximum Gasteiger partial charge on any atom is 0.0902 e. The Morgan fingerprint density at radius 3 is 1.53 bits per heavy atom. The summed E-state index contributed by atoms with van der Waals surface area (Å²) in [6.07, 6.45) is 7.00. The highest BCUT2D eigenvalue weighted by Crippen LogP contribution is 1.91. The molecule has 1 N–H and O–H groups in total. The first-order chi connectivity index (χ1) is 7.50. The van der Waals surface area contributed by atoms with Crippen LogP contribution in [0.25, 0.3) is 0 Å². The van der Waals surface area contributed by atoms with E-state index < -0.39 is 0 Å². The fourth-order valence-electron chi connectivity index (χ4n) is 0.731. The van der Waals surface area contributed by atoms with Gasteiger partial charge in [-0.1, -0.05) is 12.1 Å². The van der Waals surface area contributed by atoms with Gasteiger partial charge in [-0.25, -0.2) is 0 Å². The van der Waals surface area contributed by atoms with E-state index in [2.05, 4.69) is 9.40 Å². The van der Waals surface area contributed by atoms with Gasteiger partial charge in [0, 0.05) is 12.4 Å². The van der Waals surface area contributed by atoms with E-state index in [1.807, 2.05) is 59.6 Å². The Morgan fingerprint density at radius 1 is 0.733 bits per heavy atom. The van der Waals surface area contributed by atoms with Crippen molar-refractivity contribution in [2.75, 3.05) is 0 Å². The molecule has 3 aromatic heterocycles. The first-order valence-electron chi connectivity index (χ1n) is 4.52. The molecule has 0 radical (unpaired) electrons. The molecule has 0 aliphatic heterocycles. The molecule has 0 spiro atoms. The number of nitrogens with one attached hydrogen (secondary N) is 1. The molecule has 0 aliphatic carbocycles. The third kappa shape index (κ3) is 7.34. The van der Waals surface area contributed by atoms with Crippen molar-refractivity contribution in [2.45, 2.75) is 0 Å². The zero-order valence-corrected chi connectivity index (χ0v) is 9.06. The van der Waals surface area contributed by atoms with Crippen LogP contribution in [0.2, 0.25) is 0 Å². The van der Waals surface area contributed by atoms with E-state index in [-0.39, 0.29) is 0 Å². The molecule has 3 rings (SSSR count). The summed E-state index contributed by atoms with van der Waals surface area (Å²) in [4.78, 5) is 2.86. The van der Waals surface area contributed by atoms with Crippen LogP contribution in [0.3, 0.4) is 0 Å². The summed E-state index contributed by atoms with van der Waals surface area (Å²) < 4.78 is 4.58. The molecule has 3 heterocycles. The molecule has 0 bridgehead atoms. The Morgan fingerprint density at radius 2 is 1.33 bits per heavy atom. The van der Waals surface area contributed by atoms with Crippen molar-refractivity contribution in [2.24, 2.45) is 0 Å². The molecule has 3 heteroatoms. The van der Waals surface area contributed by atoms with Crippen LogP contribution in [0.5, 0.6) is 0 Å². The van der Waals surface area contributed by atoms with Crippen molar-refractivity contribution >= 4 is 11.3 Å². The van der Waals surface area contributed by atoms with E-state index in [0.717, 1.165) is 0 Å². The normalized spacial score (nSPS) is 8.00. The Kier molecular flexibility index (Phi) is 6.68. The maximum atomic E-state index is 4.58. The number of hydrogen-bond donors (Lipinski definition) is 1. The average Bonchev–Trinajstić information content (AvgIpc) is 3.09. The summed E-state index contributed by atoms with van der Waals surface area (Å²) in [5.74, 6) is 0. The van der Waals surface area contributed by atoms with Crippen molar-refractivity contribution in [1.29, 1.82) is 0 Å². The van der Waals surface area contributed by atoms with Gasteiger partial charge in [0.1, 0.15) is 0 Å². The second kappa shape index (κ2) is 8.84. The Bertz CT molecular complexity index is 248. The van der Waals surface area contributed by atoms with Crippen LogP contribution in [0.15, 0.2) is 76.5 Å². The van der Waals surface area contributed by atoms with Crippen LogP contribution >= 0.6 is 11.3 Å². The third-order valence-corrected chi connectivity index (χ3v) is 1.98. The van der Waals surface area contributed by atoms with Gasteiger partial charge >= 0.3 is 0 Å². The minimum absolute atomic E-state index is 1.62. The lowest BCUT2D eigenvalue weighted by molar-refractivity contribution is 0.567. The van der Waals surface area contributed by atoms with Crippen molar-refractivity contribution in [1.82, 2.24) is 4.98 Å². The lowest BCUT2D eigenvalue weighted by Gasteiger charge is -1.50. The highest BCUT2D eigenvalue weighted by atomic mass is 32.1. The Balaban J connectivity index is 0.000000112. The van der Waals surface area contributed by atoms with Gasteiger partial charge in [-0.05, 0) is 35.0 Å². The Labute approximate surface area is 93.2 Å². The summed E-state index contributed by atoms with van der Waals surface area (Å²) in [6, 6.07) is 11.6. The minimum Gasteiger partial charge on any atom is -0.473 e. The van der Waals surface area contributed by atoms with E-state index in [1.165, 1.54) is 0 Å². The van der Waals surface area contributed by atoms with Crippen LogP contribution in [0.4, 0.5) is 0 Å². The molecular formula is C12H13NOS. The van der Waals surface area contributed by atoms with Gasteiger partial charge in [0.2, 0.25) is 0 Å². The summed E-state index contributed by atoms with van der Waals surface area (Å²) in [5.41, 5.74) is 0. The molecule has 0 aliphatic rings. The fraction of sp³-hybridized carbons (Fsp3) is 0. The minimum atomic E-state index is 1.62. The molecule has 0 saturated carbocycles. The van der Waals surface area contributed by atoms with Crippen molar-refractivity contribution in [3.05, 3.63) is 72.1 Å². The number of aromatic nitrogens is 1. The van der Waals surface area contributed by atoms with E-state index in [9.17, 15) is 0 Å². The van der Waals surface area contributed by atoms with Crippen molar-refractivity contribution < 1.29 is 4.42 Å². The van der Waals surface area contributed by atoms with E-state index in [0.29, 0.717) is 0 Å². The molecule has 0 amide bonds. The number of hydrogen-bond acceptors (Lipinski definition) is 2. The zero-order valence-electron chi connectivity index (χ0n) is 8.24. The topological polar surface area (TPSA) is 28.9 Å². The van der Waals surface area contributed by atoms with Crippen molar-refractivity contribution in [3.8, 4) is 0 Å². The predicted molar refractivity (Wildman–Crippen MR) is 63.8 cm³/mol. The summed E-state index contributed by atoms with van der Waals surface area (Å²) >= 11 is 1.71. The third-order valence-electron chi connectivity index (χ3n) is 1.35. The first-order valence-corrected chi connectivity index (χ1v) is 5.46. The van der Waals surface area contributed by atoms with Gasteiger partial charge in [-0.2, -0.15) is 11.3 Å². The second-order valence-electron chi connectivity index (χ2n) is 2.47. The SMILES string of the molecule is c1cc[nH]c1.c1ccoc1.c1ccsc1. The zero-order chi connectivity index (χ0) is 10.6. The van der Waals surface area contributed by atoms with Crippen LogP contribution in [0.1, 0.15) is 0 Å². The van der Waals surface area contributed by atoms with E-state index >= 15 is 0 Å². The molecule has 3 aromatic rings. The van der Waals surface area contributed by atoms with E-state index in [1.54, 1.807) is 23.9 Å². The highest BCUT2D eigenvalue weighted by Gasteiger charge is 1.59. The van der Waals surface area contributed by atoms with E-state index in [4.69, 9.17) is 0 Å². The predicted octanol–water partition coefficient (Wildman–Crippen LogP) is 4.04. The van der Waals surface area contributed by atoms with Crippen LogP contribution in [-0.4, -0.2) is 4.98 Å². The highest BCUT2D eigenvalue weighted by molar-refractivity contribution is 7.07. The monoisotopic (exact) mass is 219 g/mol. The van der Waals surface area contributed by atoms with Crippen LogP contribution in [0, 0.1) is 0 Å². The quantitative estimate of drug-likeness (QED) is 0.607. The number of thiophene rings is 1. The maximum absolute atomic E-state index is 4.58. The first kappa shape index (κ1) is 11.3. The van der Waals surface area contributed by atoms with Gasteiger partial charge in [-0.3, -0.25) is 0 Å². The smallest absolute Gasteiger partial charge is 0.0902 e. The summed E-state index contributed by atoms with van der Waals surface area (Å²) in [7, 11) is 0. The molecule has 0 unspecified atom stereocenters. The lowest BCUT2D eigenvalue weighted by Crippen LogP contribution is -1.38. The van der Waals surface area contributed by atoms with Gasteiger partial charge in [0.05, 0.1) is 12.5 Å². The van der Waals surface area contributed by atoms with Gasteiger partial charge < -0.3 is 9.40 Å². The van der Waals surface area contributed by atoms with Gasteiger partial charge in [-0.15, -0.1) is 0 Å². The van der Waals surface area contributed by atoms with Crippen LogP contribution in [-0.2, 0) is 0 Å². The molecule has 0 fully saturated rings. The van der Waals surface area contributed by atoms with Crippen molar-refractivity contribution in [3.63, 3.8) is 0 Å². The average molecular weight is 219 g/mol. The molecule has 78 valence electrons. The molecule has 0 atom stereocenters. The number of H-pyrrole nitrogens is 1. The lowest BCUT2D eigenvalue weighted by atomic mass is 10.7. The largest absolute Gasteiger partial charge is 0.473 e. The molecule has 0 aromatic carbocycles. The fourth-order valence-corrected chi connectivity index (χ4v) is 1.18. The summed E-state index contributed by atoms with van der Waals surface area (Å²) in [5, 5.41) is 4.08. The molecule has 0 saturated heterocycles. The van der Waals surface area contributed by atoms with Gasteiger partial charge in [0.15, 0.2) is 0 Å².